The third-order valence-corrected chi connectivity index (χ3v) is 3.56. The molecule has 2 aliphatic rings. The lowest BCUT2D eigenvalue weighted by molar-refractivity contribution is -0.135. The number of nitrogens with one attached hydrogen (secondary N) is 1. The number of nitrogens with zero attached hydrogens (tertiary/aromatic N) is 1. The van der Waals surface area contributed by atoms with E-state index in [2.05, 4.69) is 11.9 Å². The number of hydrogen-bond donors (Lipinski definition) is 1. The fraction of sp³-hybridized carbons (Fsp3) is 0.750. The highest BCUT2D eigenvalue weighted by Gasteiger charge is 2.49. The molecule has 84 valence electrons. The molecule has 1 saturated carbocycles. The minimum atomic E-state index is -0.422. The molecule has 1 spiro atoms. The van der Waals surface area contributed by atoms with Gasteiger partial charge in [-0.15, -0.1) is 6.58 Å². The van der Waals surface area contributed by atoms with Crippen LogP contribution in [0.3, 0.4) is 0 Å². The van der Waals surface area contributed by atoms with Crippen molar-refractivity contribution in [1.82, 2.24) is 10.2 Å². The average molecular weight is 208 g/mol. The summed E-state index contributed by atoms with van der Waals surface area (Å²) in [6.07, 6.45) is 4.31. The predicted molar refractivity (Wildman–Crippen MR) is 60.5 cm³/mol. The molecule has 0 aromatic rings. The molecule has 2 fully saturated rings. The van der Waals surface area contributed by atoms with Gasteiger partial charge in [-0.3, -0.25) is 4.79 Å². The largest absolute Gasteiger partial charge is 0.337 e. The molecule has 0 radical (unpaired) electrons. The zero-order valence-corrected chi connectivity index (χ0v) is 9.68. The van der Waals surface area contributed by atoms with Gasteiger partial charge in [-0.2, -0.15) is 0 Å². The molecular formula is C12H20N2O. The monoisotopic (exact) mass is 208 g/mol. The molecule has 1 amide bonds. The fourth-order valence-corrected chi connectivity index (χ4v) is 2.23. The van der Waals surface area contributed by atoms with E-state index in [9.17, 15) is 4.79 Å². The molecule has 0 unspecified atom stereocenters. The Hall–Kier alpha value is -0.830. The van der Waals surface area contributed by atoms with E-state index in [0.29, 0.717) is 12.0 Å². The van der Waals surface area contributed by atoms with Crippen LogP contribution in [0.1, 0.15) is 26.7 Å². The maximum absolute atomic E-state index is 12.2. The Bertz CT molecular complexity index is 292. The van der Waals surface area contributed by atoms with E-state index in [1.807, 2.05) is 24.8 Å². The molecule has 3 heteroatoms. The maximum atomic E-state index is 12.2. The van der Waals surface area contributed by atoms with E-state index in [1.165, 1.54) is 12.8 Å². The molecule has 1 heterocycles. The van der Waals surface area contributed by atoms with Crippen molar-refractivity contribution in [1.29, 1.82) is 0 Å². The normalized spacial score (nSPS) is 27.6. The third kappa shape index (κ3) is 1.93. The molecule has 3 nitrogen and oxygen atoms in total. The van der Waals surface area contributed by atoms with E-state index in [0.717, 1.165) is 13.1 Å². The standard InChI is InChI=1S/C12H20N2O/c1-4-7-14-9-12(5-6-12)8-13-11(2,3)10(14)15/h4,13H,1,5-9H2,2-3H3. The summed E-state index contributed by atoms with van der Waals surface area (Å²) in [6.45, 7) is 10.2. The highest BCUT2D eigenvalue weighted by molar-refractivity contribution is 5.86. The van der Waals surface area contributed by atoms with Crippen molar-refractivity contribution in [2.24, 2.45) is 5.41 Å². The van der Waals surface area contributed by atoms with Gasteiger partial charge < -0.3 is 10.2 Å². The third-order valence-electron chi connectivity index (χ3n) is 3.56. The first-order chi connectivity index (χ1) is 6.99. The first-order valence-electron chi connectivity index (χ1n) is 5.64. The Labute approximate surface area is 91.5 Å². The van der Waals surface area contributed by atoms with Crippen molar-refractivity contribution in [2.45, 2.75) is 32.2 Å². The molecule has 0 bridgehead atoms. The van der Waals surface area contributed by atoms with Gasteiger partial charge in [-0.25, -0.2) is 0 Å². The summed E-state index contributed by atoms with van der Waals surface area (Å²) >= 11 is 0. The van der Waals surface area contributed by atoms with Crippen molar-refractivity contribution in [3.63, 3.8) is 0 Å². The lowest BCUT2D eigenvalue weighted by Crippen LogP contribution is -2.51. The Morgan fingerprint density at radius 2 is 2.20 bits per heavy atom. The van der Waals surface area contributed by atoms with Crippen LogP contribution >= 0.6 is 0 Å². The van der Waals surface area contributed by atoms with Crippen LogP contribution in [-0.2, 0) is 4.79 Å². The Kier molecular flexibility index (Phi) is 2.38. The van der Waals surface area contributed by atoms with E-state index < -0.39 is 5.54 Å². The van der Waals surface area contributed by atoms with Crippen LogP contribution in [0.15, 0.2) is 12.7 Å². The summed E-state index contributed by atoms with van der Waals surface area (Å²) in [4.78, 5) is 14.1. The van der Waals surface area contributed by atoms with Gasteiger partial charge in [0, 0.05) is 25.0 Å². The van der Waals surface area contributed by atoms with Gasteiger partial charge in [-0.05, 0) is 26.7 Å². The Morgan fingerprint density at radius 1 is 1.53 bits per heavy atom. The lowest BCUT2D eigenvalue weighted by atomic mass is 10.0. The predicted octanol–water partition coefficient (Wildman–Crippen LogP) is 1.16. The van der Waals surface area contributed by atoms with E-state index in [4.69, 9.17) is 0 Å². The molecule has 1 aliphatic heterocycles. The second-order valence-corrected chi connectivity index (χ2v) is 5.45. The Balaban J connectivity index is 2.19. The molecule has 1 N–H and O–H groups in total. The summed E-state index contributed by atoms with van der Waals surface area (Å²) in [6, 6.07) is 0. The minimum Gasteiger partial charge on any atom is -0.337 e. The van der Waals surface area contributed by atoms with Crippen LogP contribution < -0.4 is 5.32 Å². The SMILES string of the molecule is C=CCN1CC2(CC2)CNC(C)(C)C1=O. The van der Waals surface area contributed by atoms with Crippen LogP contribution in [0.2, 0.25) is 0 Å². The highest BCUT2D eigenvalue weighted by atomic mass is 16.2. The van der Waals surface area contributed by atoms with Crippen LogP contribution in [0, 0.1) is 5.41 Å². The fourth-order valence-electron chi connectivity index (χ4n) is 2.23. The maximum Gasteiger partial charge on any atom is 0.242 e. The van der Waals surface area contributed by atoms with Crippen molar-refractivity contribution in [3.8, 4) is 0 Å². The van der Waals surface area contributed by atoms with Gasteiger partial charge in [0.2, 0.25) is 5.91 Å². The van der Waals surface area contributed by atoms with Crippen LogP contribution in [0.4, 0.5) is 0 Å². The summed E-state index contributed by atoms with van der Waals surface area (Å²) < 4.78 is 0. The average Bonchev–Trinajstić information content (AvgIpc) is 2.94. The van der Waals surface area contributed by atoms with Gasteiger partial charge in [0.15, 0.2) is 0 Å². The second-order valence-electron chi connectivity index (χ2n) is 5.45. The summed E-state index contributed by atoms with van der Waals surface area (Å²) in [5.41, 5.74) is -0.0540. The van der Waals surface area contributed by atoms with Gasteiger partial charge in [0.25, 0.3) is 0 Å². The summed E-state index contributed by atoms with van der Waals surface area (Å²) in [5, 5.41) is 3.39. The molecule has 1 saturated heterocycles. The zero-order chi connectivity index (χ0) is 11.1. The molecule has 15 heavy (non-hydrogen) atoms. The van der Waals surface area contributed by atoms with Crippen LogP contribution in [0.5, 0.6) is 0 Å². The molecule has 0 aromatic heterocycles. The quantitative estimate of drug-likeness (QED) is 0.691. The minimum absolute atomic E-state index is 0.200. The summed E-state index contributed by atoms with van der Waals surface area (Å²) in [5.74, 6) is 0.200. The van der Waals surface area contributed by atoms with E-state index in [1.54, 1.807) is 0 Å². The molecule has 0 aromatic carbocycles. The number of amides is 1. The van der Waals surface area contributed by atoms with Crippen molar-refractivity contribution in [3.05, 3.63) is 12.7 Å². The summed E-state index contributed by atoms with van der Waals surface area (Å²) in [7, 11) is 0. The first-order valence-corrected chi connectivity index (χ1v) is 5.64. The number of rotatable bonds is 2. The van der Waals surface area contributed by atoms with Crippen molar-refractivity contribution in [2.75, 3.05) is 19.6 Å². The van der Waals surface area contributed by atoms with Gasteiger partial charge in [-0.1, -0.05) is 6.08 Å². The van der Waals surface area contributed by atoms with Crippen LogP contribution in [0.25, 0.3) is 0 Å². The van der Waals surface area contributed by atoms with Crippen molar-refractivity contribution < 1.29 is 4.79 Å². The van der Waals surface area contributed by atoms with Gasteiger partial charge >= 0.3 is 0 Å². The highest BCUT2D eigenvalue weighted by Crippen LogP contribution is 2.47. The number of carbonyl (C=O) groups excluding carboxylic acids is 1. The second kappa shape index (κ2) is 3.34. The first kappa shape index (κ1) is 10.7. The number of carbonyl (C=O) groups is 1. The molecular weight excluding hydrogens is 188 g/mol. The Morgan fingerprint density at radius 3 is 2.73 bits per heavy atom. The molecule has 1 aliphatic carbocycles. The smallest absolute Gasteiger partial charge is 0.242 e. The van der Waals surface area contributed by atoms with E-state index >= 15 is 0 Å². The number of hydrogen-bond acceptors (Lipinski definition) is 2. The van der Waals surface area contributed by atoms with Gasteiger partial charge in [0.1, 0.15) is 0 Å². The molecule has 2 rings (SSSR count). The topological polar surface area (TPSA) is 32.3 Å². The zero-order valence-electron chi connectivity index (χ0n) is 9.68. The molecule has 0 atom stereocenters. The van der Waals surface area contributed by atoms with E-state index in [-0.39, 0.29) is 5.91 Å². The van der Waals surface area contributed by atoms with Gasteiger partial charge in [0.05, 0.1) is 5.54 Å². The van der Waals surface area contributed by atoms with Crippen molar-refractivity contribution >= 4 is 5.91 Å². The lowest BCUT2D eigenvalue weighted by Gasteiger charge is -2.28. The van der Waals surface area contributed by atoms with Crippen LogP contribution in [-0.4, -0.2) is 36.0 Å².